The molecule has 2 aromatic carbocycles. The highest BCUT2D eigenvalue weighted by Crippen LogP contribution is 2.13. The Kier molecular flexibility index (Phi) is 4.56. The van der Waals surface area contributed by atoms with E-state index in [9.17, 15) is 14.0 Å². The van der Waals surface area contributed by atoms with E-state index >= 15 is 0 Å². The van der Waals surface area contributed by atoms with Crippen LogP contribution < -0.4 is 15.7 Å². The highest BCUT2D eigenvalue weighted by Gasteiger charge is 2.13. The zero-order valence-corrected chi connectivity index (χ0v) is 12.6. The summed E-state index contributed by atoms with van der Waals surface area (Å²) in [5.41, 5.74) is -0.320. The second-order valence-corrected chi connectivity index (χ2v) is 5.04. The van der Waals surface area contributed by atoms with Crippen LogP contribution in [0.1, 0.15) is 10.4 Å². The molecule has 24 heavy (non-hydrogen) atoms. The van der Waals surface area contributed by atoms with Crippen LogP contribution in [0.2, 0.25) is 0 Å². The van der Waals surface area contributed by atoms with Crippen molar-refractivity contribution in [3.05, 3.63) is 76.4 Å². The summed E-state index contributed by atoms with van der Waals surface area (Å²) in [6, 6.07) is 14.0. The number of hydrogen-bond donors (Lipinski definition) is 1. The summed E-state index contributed by atoms with van der Waals surface area (Å²) in [4.78, 5) is 24.0. The number of hydrogen-bond acceptors (Lipinski definition) is 4. The van der Waals surface area contributed by atoms with Gasteiger partial charge in [0.25, 0.3) is 5.91 Å². The van der Waals surface area contributed by atoms with Crippen molar-refractivity contribution in [2.24, 2.45) is 0 Å². The fourth-order valence-electron chi connectivity index (χ4n) is 2.18. The van der Waals surface area contributed by atoms with Gasteiger partial charge in [-0.05, 0) is 36.4 Å². The molecule has 1 aromatic heterocycles. The summed E-state index contributed by atoms with van der Waals surface area (Å²) in [7, 11) is 0. The third-order valence-corrected chi connectivity index (χ3v) is 3.36. The Hall–Kier alpha value is -3.15. The van der Waals surface area contributed by atoms with Crippen LogP contribution in [-0.2, 0) is 0 Å². The van der Waals surface area contributed by atoms with Crippen molar-refractivity contribution in [3.63, 3.8) is 0 Å². The van der Waals surface area contributed by atoms with Gasteiger partial charge >= 0.3 is 5.63 Å². The summed E-state index contributed by atoms with van der Waals surface area (Å²) in [6.45, 7) is 0.388. The first kappa shape index (κ1) is 15.7. The quantitative estimate of drug-likeness (QED) is 0.578. The molecule has 3 aromatic rings. The van der Waals surface area contributed by atoms with E-state index in [0.717, 1.165) is 0 Å². The number of amides is 1. The molecule has 1 amide bonds. The fourth-order valence-corrected chi connectivity index (χ4v) is 2.18. The van der Waals surface area contributed by atoms with Gasteiger partial charge in [-0.3, -0.25) is 4.79 Å². The summed E-state index contributed by atoms with van der Waals surface area (Å²) in [6.07, 6.45) is 0. The van der Waals surface area contributed by atoms with E-state index in [2.05, 4.69) is 5.32 Å². The molecule has 0 radical (unpaired) electrons. The first-order valence-electron chi connectivity index (χ1n) is 7.33. The van der Waals surface area contributed by atoms with Gasteiger partial charge in [-0.1, -0.05) is 18.2 Å². The van der Waals surface area contributed by atoms with Gasteiger partial charge in [0.15, 0.2) is 0 Å². The van der Waals surface area contributed by atoms with Gasteiger partial charge in [0.05, 0.1) is 6.54 Å². The molecule has 1 heterocycles. The van der Waals surface area contributed by atoms with Gasteiger partial charge in [0.2, 0.25) is 0 Å². The number of nitrogens with one attached hydrogen (secondary N) is 1. The van der Waals surface area contributed by atoms with Crippen molar-refractivity contribution in [2.45, 2.75) is 0 Å². The third kappa shape index (κ3) is 3.60. The second-order valence-electron chi connectivity index (χ2n) is 5.04. The number of para-hydroxylation sites is 1. The van der Waals surface area contributed by atoms with Crippen molar-refractivity contribution in [3.8, 4) is 5.75 Å². The first-order chi connectivity index (χ1) is 11.6. The van der Waals surface area contributed by atoms with Crippen LogP contribution >= 0.6 is 0 Å². The van der Waals surface area contributed by atoms with Crippen LogP contribution in [0.25, 0.3) is 11.0 Å². The number of carbonyl (C=O) groups is 1. The Balaban J connectivity index is 1.60. The lowest BCUT2D eigenvalue weighted by Crippen LogP contribution is -2.31. The number of rotatable bonds is 5. The summed E-state index contributed by atoms with van der Waals surface area (Å²) >= 11 is 0. The monoisotopic (exact) mass is 327 g/mol. The van der Waals surface area contributed by atoms with Gasteiger partial charge in [-0.2, -0.15) is 0 Å². The normalized spacial score (nSPS) is 10.5. The summed E-state index contributed by atoms with van der Waals surface area (Å²) < 4.78 is 23.2. The van der Waals surface area contributed by atoms with Crippen molar-refractivity contribution in [2.75, 3.05) is 13.2 Å². The van der Waals surface area contributed by atoms with E-state index in [-0.39, 0.29) is 24.5 Å². The van der Waals surface area contributed by atoms with Gasteiger partial charge in [-0.15, -0.1) is 0 Å². The van der Waals surface area contributed by atoms with E-state index in [1.165, 1.54) is 30.3 Å². The summed E-state index contributed by atoms with van der Waals surface area (Å²) in [5.74, 6) is -0.383. The maximum absolute atomic E-state index is 12.8. The zero-order chi connectivity index (χ0) is 16.9. The fraction of sp³-hybridized carbons (Fsp3) is 0.111. The van der Waals surface area contributed by atoms with E-state index in [1.807, 2.05) is 0 Å². The molecule has 1 N–H and O–H groups in total. The summed E-state index contributed by atoms with van der Waals surface area (Å²) in [5, 5.41) is 3.26. The third-order valence-electron chi connectivity index (χ3n) is 3.36. The average Bonchev–Trinajstić information content (AvgIpc) is 2.59. The second kappa shape index (κ2) is 6.95. The van der Waals surface area contributed by atoms with E-state index < -0.39 is 11.5 Å². The molecule has 0 unspecified atom stereocenters. The van der Waals surface area contributed by atoms with Gasteiger partial charge in [-0.25, -0.2) is 9.18 Å². The van der Waals surface area contributed by atoms with Gasteiger partial charge in [0, 0.05) is 5.39 Å². The maximum atomic E-state index is 12.8. The molecule has 0 aliphatic rings. The van der Waals surface area contributed by atoms with Crippen LogP contribution in [0.15, 0.2) is 63.8 Å². The maximum Gasteiger partial charge on any atom is 0.349 e. The van der Waals surface area contributed by atoms with Crippen molar-refractivity contribution < 1.29 is 18.3 Å². The molecule has 5 nitrogen and oxygen atoms in total. The topological polar surface area (TPSA) is 68.5 Å². The van der Waals surface area contributed by atoms with Crippen LogP contribution in [-0.4, -0.2) is 19.1 Å². The minimum Gasteiger partial charge on any atom is -0.492 e. The zero-order valence-electron chi connectivity index (χ0n) is 12.6. The van der Waals surface area contributed by atoms with E-state index in [1.54, 1.807) is 24.3 Å². The molecule has 6 heteroatoms. The SMILES string of the molecule is O=C(NCCOc1ccc(F)cc1)c1cc2ccccc2oc1=O. The Morgan fingerprint density at radius 1 is 1.12 bits per heavy atom. The average molecular weight is 327 g/mol. The van der Waals surface area contributed by atoms with Gasteiger partial charge in [0.1, 0.15) is 29.3 Å². The molecular weight excluding hydrogens is 313 g/mol. The largest absolute Gasteiger partial charge is 0.492 e. The number of ether oxygens (including phenoxy) is 1. The smallest absolute Gasteiger partial charge is 0.349 e. The molecule has 0 fully saturated rings. The Morgan fingerprint density at radius 3 is 2.67 bits per heavy atom. The van der Waals surface area contributed by atoms with Gasteiger partial charge < -0.3 is 14.5 Å². The van der Waals surface area contributed by atoms with E-state index in [4.69, 9.17) is 9.15 Å². The Labute approximate surface area is 136 Å². The molecule has 0 atom stereocenters. The molecule has 0 aliphatic carbocycles. The molecule has 0 bridgehead atoms. The number of benzene rings is 2. The minimum absolute atomic E-state index is 0.0597. The molecule has 0 aliphatic heterocycles. The van der Waals surface area contributed by atoms with Crippen LogP contribution in [0.3, 0.4) is 0 Å². The molecule has 122 valence electrons. The predicted molar refractivity (Wildman–Crippen MR) is 86.7 cm³/mol. The molecule has 0 saturated carbocycles. The number of halogens is 1. The molecule has 0 saturated heterocycles. The van der Waals surface area contributed by atoms with Crippen LogP contribution in [0.4, 0.5) is 4.39 Å². The lowest BCUT2D eigenvalue weighted by atomic mass is 10.2. The van der Waals surface area contributed by atoms with Crippen LogP contribution in [0.5, 0.6) is 5.75 Å². The highest BCUT2D eigenvalue weighted by atomic mass is 19.1. The molecular formula is C18H14FNO4. The number of fused-ring (bicyclic) bond motifs is 1. The Bertz CT molecular complexity index is 918. The van der Waals surface area contributed by atoms with Crippen molar-refractivity contribution in [1.29, 1.82) is 0 Å². The predicted octanol–water partition coefficient (Wildman–Crippen LogP) is 2.74. The van der Waals surface area contributed by atoms with Crippen molar-refractivity contribution in [1.82, 2.24) is 5.32 Å². The van der Waals surface area contributed by atoms with Crippen molar-refractivity contribution >= 4 is 16.9 Å². The van der Waals surface area contributed by atoms with E-state index in [0.29, 0.717) is 16.7 Å². The highest BCUT2D eigenvalue weighted by molar-refractivity contribution is 5.96. The lowest BCUT2D eigenvalue weighted by molar-refractivity contribution is 0.0943. The Morgan fingerprint density at radius 2 is 1.88 bits per heavy atom. The number of carbonyl (C=O) groups excluding carboxylic acids is 1. The standard InChI is InChI=1S/C18H14FNO4/c19-13-5-7-14(8-6-13)23-10-9-20-17(21)15-11-12-3-1-2-4-16(12)24-18(15)22/h1-8,11H,9-10H2,(H,20,21). The first-order valence-corrected chi connectivity index (χ1v) is 7.33. The lowest BCUT2D eigenvalue weighted by Gasteiger charge is -2.07. The molecule has 3 rings (SSSR count). The minimum atomic E-state index is -0.689. The molecule has 0 spiro atoms. The van der Waals surface area contributed by atoms with Crippen LogP contribution in [0, 0.1) is 5.82 Å².